The van der Waals surface area contributed by atoms with Gasteiger partial charge in [-0.25, -0.2) is 9.78 Å². The fourth-order valence-corrected chi connectivity index (χ4v) is 3.03. The van der Waals surface area contributed by atoms with Crippen LogP contribution in [0.15, 0.2) is 18.2 Å². The molecule has 0 aliphatic carbocycles. The van der Waals surface area contributed by atoms with E-state index in [1.165, 1.54) is 0 Å². The number of nitrogens with zero attached hydrogens (tertiary/aromatic N) is 1. The molecule has 0 spiro atoms. The predicted molar refractivity (Wildman–Crippen MR) is 81.6 cm³/mol. The molecule has 5 nitrogen and oxygen atoms in total. The molecule has 1 aromatic heterocycles. The third-order valence-corrected chi connectivity index (χ3v) is 4.06. The SMILES string of the molecule is CCOc1c(OC)cccc1-c1nc(CC)c(C(=O)O)s1. The summed E-state index contributed by atoms with van der Waals surface area (Å²) in [6, 6.07) is 5.50. The molecule has 0 bridgehead atoms. The highest BCUT2D eigenvalue weighted by molar-refractivity contribution is 7.17. The standard InChI is InChI=1S/C15H17NO4S/c1-4-10-13(15(17)18)21-14(16-10)9-7-6-8-11(19-3)12(9)20-5-2/h6-8H,4-5H2,1-3H3,(H,17,18). The fourth-order valence-electron chi connectivity index (χ4n) is 2.01. The highest BCUT2D eigenvalue weighted by Crippen LogP contribution is 2.40. The number of hydrogen-bond acceptors (Lipinski definition) is 5. The molecule has 6 heteroatoms. The number of hydrogen-bond donors (Lipinski definition) is 1. The first kappa shape index (κ1) is 15.3. The second-order valence-electron chi connectivity index (χ2n) is 4.22. The number of aryl methyl sites for hydroxylation is 1. The highest BCUT2D eigenvalue weighted by Gasteiger charge is 2.20. The molecule has 21 heavy (non-hydrogen) atoms. The third kappa shape index (κ3) is 3.00. The Labute approximate surface area is 127 Å². The fraction of sp³-hybridized carbons (Fsp3) is 0.333. The van der Waals surface area contributed by atoms with E-state index in [0.717, 1.165) is 16.9 Å². The van der Waals surface area contributed by atoms with E-state index in [4.69, 9.17) is 9.47 Å². The minimum absolute atomic E-state index is 0.276. The Morgan fingerprint density at radius 3 is 2.67 bits per heavy atom. The summed E-state index contributed by atoms with van der Waals surface area (Å²) < 4.78 is 11.0. The molecule has 1 heterocycles. The summed E-state index contributed by atoms with van der Waals surface area (Å²) in [7, 11) is 1.57. The van der Waals surface area contributed by atoms with Gasteiger partial charge in [0.2, 0.25) is 0 Å². The topological polar surface area (TPSA) is 68.7 Å². The molecule has 1 N–H and O–H groups in total. The average Bonchev–Trinajstić information content (AvgIpc) is 2.92. The Balaban J connectivity index is 2.58. The zero-order chi connectivity index (χ0) is 15.4. The van der Waals surface area contributed by atoms with Crippen molar-refractivity contribution in [3.05, 3.63) is 28.8 Å². The van der Waals surface area contributed by atoms with E-state index in [1.54, 1.807) is 13.2 Å². The van der Waals surface area contributed by atoms with Crippen molar-refractivity contribution in [3.8, 4) is 22.1 Å². The van der Waals surface area contributed by atoms with Gasteiger partial charge in [-0.05, 0) is 25.5 Å². The Morgan fingerprint density at radius 2 is 2.14 bits per heavy atom. The molecule has 112 valence electrons. The molecule has 1 aromatic carbocycles. The van der Waals surface area contributed by atoms with Gasteiger partial charge >= 0.3 is 5.97 Å². The zero-order valence-electron chi connectivity index (χ0n) is 12.2. The molecule has 0 saturated carbocycles. The summed E-state index contributed by atoms with van der Waals surface area (Å²) in [4.78, 5) is 16.0. The smallest absolute Gasteiger partial charge is 0.347 e. The van der Waals surface area contributed by atoms with Gasteiger partial charge in [0.05, 0.1) is 25.0 Å². The van der Waals surface area contributed by atoms with Crippen LogP contribution < -0.4 is 9.47 Å². The van der Waals surface area contributed by atoms with Crippen molar-refractivity contribution in [2.45, 2.75) is 20.3 Å². The molecule has 2 rings (SSSR count). The largest absolute Gasteiger partial charge is 0.493 e. The third-order valence-electron chi connectivity index (χ3n) is 2.94. The lowest BCUT2D eigenvalue weighted by atomic mass is 10.2. The minimum atomic E-state index is -0.948. The first-order chi connectivity index (χ1) is 10.1. The maximum atomic E-state index is 11.3. The van der Waals surface area contributed by atoms with E-state index >= 15 is 0 Å². The molecule has 0 atom stereocenters. The Kier molecular flexibility index (Phi) is 4.80. The van der Waals surface area contributed by atoms with Crippen LogP contribution in [0.1, 0.15) is 29.2 Å². The van der Waals surface area contributed by atoms with Gasteiger partial charge in [-0.3, -0.25) is 0 Å². The van der Waals surface area contributed by atoms with Gasteiger partial charge in [0.25, 0.3) is 0 Å². The molecule has 0 unspecified atom stereocenters. The first-order valence-corrected chi connectivity index (χ1v) is 7.47. The van der Waals surface area contributed by atoms with Crippen molar-refractivity contribution in [1.29, 1.82) is 0 Å². The van der Waals surface area contributed by atoms with E-state index in [-0.39, 0.29) is 4.88 Å². The Morgan fingerprint density at radius 1 is 1.38 bits per heavy atom. The van der Waals surface area contributed by atoms with Crippen LogP contribution in [0.3, 0.4) is 0 Å². The summed E-state index contributed by atoms with van der Waals surface area (Å²) >= 11 is 1.16. The lowest BCUT2D eigenvalue weighted by molar-refractivity contribution is 0.0701. The number of aromatic nitrogens is 1. The van der Waals surface area contributed by atoms with Crippen molar-refractivity contribution < 1.29 is 19.4 Å². The summed E-state index contributed by atoms with van der Waals surface area (Å²) in [5, 5.41) is 9.88. The maximum absolute atomic E-state index is 11.3. The van der Waals surface area contributed by atoms with Crippen LogP contribution >= 0.6 is 11.3 Å². The molecular weight excluding hydrogens is 290 g/mol. The zero-order valence-corrected chi connectivity index (χ0v) is 13.0. The Bertz CT molecular complexity index is 651. The van der Waals surface area contributed by atoms with Crippen molar-refractivity contribution in [3.63, 3.8) is 0 Å². The van der Waals surface area contributed by atoms with Crippen LogP contribution in [0, 0.1) is 0 Å². The van der Waals surface area contributed by atoms with Crippen LogP contribution in [-0.4, -0.2) is 29.8 Å². The second-order valence-corrected chi connectivity index (χ2v) is 5.22. The normalized spacial score (nSPS) is 10.4. The Hall–Kier alpha value is -2.08. The lowest BCUT2D eigenvalue weighted by Gasteiger charge is -2.12. The van der Waals surface area contributed by atoms with E-state index in [0.29, 0.717) is 35.2 Å². The average molecular weight is 307 g/mol. The van der Waals surface area contributed by atoms with Gasteiger partial charge in [0.1, 0.15) is 9.88 Å². The number of carboxylic acid groups (broad SMARTS) is 1. The quantitative estimate of drug-likeness (QED) is 0.885. The van der Waals surface area contributed by atoms with E-state index in [2.05, 4.69) is 4.98 Å². The van der Waals surface area contributed by atoms with Crippen molar-refractivity contribution in [2.75, 3.05) is 13.7 Å². The van der Waals surface area contributed by atoms with E-state index < -0.39 is 5.97 Å². The van der Waals surface area contributed by atoms with Gasteiger partial charge in [-0.15, -0.1) is 11.3 Å². The van der Waals surface area contributed by atoms with Crippen molar-refractivity contribution in [2.24, 2.45) is 0 Å². The number of ether oxygens (including phenoxy) is 2. The number of rotatable bonds is 6. The molecule has 2 aromatic rings. The summed E-state index contributed by atoms with van der Waals surface area (Å²) in [5.74, 6) is 0.256. The predicted octanol–water partition coefficient (Wildman–Crippen LogP) is 3.48. The first-order valence-electron chi connectivity index (χ1n) is 6.65. The minimum Gasteiger partial charge on any atom is -0.493 e. The van der Waals surface area contributed by atoms with Gasteiger partial charge in [-0.1, -0.05) is 13.0 Å². The maximum Gasteiger partial charge on any atom is 0.347 e. The van der Waals surface area contributed by atoms with Gasteiger partial charge in [0, 0.05) is 0 Å². The molecule has 0 radical (unpaired) electrons. The summed E-state index contributed by atoms with van der Waals surface area (Å²) in [6.07, 6.45) is 0.575. The second kappa shape index (κ2) is 6.58. The van der Waals surface area contributed by atoms with E-state index in [9.17, 15) is 9.90 Å². The van der Waals surface area contributed by atoms with E-state index in [1.807, 2.05) is 26.0 Å². The van der Waals surface area contributed by atoms with Crippen LogP contribution in [0.2, 0.25) is 0 Å². The van der Waals surface area contributed by atoms with Crippen molar-refractivity contribution in [1.82, 2.24) is 4.98 Å². The summed E-state index contributed by atoms with van der Waals surface area (Å²) in [6.45, 7) is 4.27. The molecule has 0 amide bonds. The molecular formula is C15H17NO4S. The van der Waals surface area contributed by atoms with Crippen LogP contribution in [-0.2, 0) is 6.42 Å². The van der Waals surface area contributed by atoms with Crippen LogP contribution in [0.4, 0.5) is 0 Å². The highest BCUT2D eigenvalue weighted by atomic mass is 32.1. The number of methoxy groups -OCH3 is 1. The number of benzene rings is 1. The molecule has 0 aliphatic heterocycles. The number of aromatic carboxylic acids is 1. The molecule has 0 fully saturated rings. The van der Waals surface area contributed by atoms with Crippen LogP contribution in [0.25, 0.3) is 10.6 Å². The van der Waals surface area contributed by atoms with Crippen LogP contribution in [0.5, 0.6) is 11.5 Å². The lowest BCUT2D eigenvalue weighted by Crippen LogP contribution is -1.98. The number of para-hydroxylation sites is 1. The van der Waals surface area contributed by atoms with Crippen molar-refractivity contribution >= 4 is 17.3 Å². The number of carbonyl (C=O) groups is 1. The molecule has 0 saturated heterocycles. The summed E-state index contributed by atoms with van der Waals surface area (Å²) in [5.41, 5.74) is 1.34. The monoisotopic (exact) mass is 307 g/mol. The van der Waals surface area contributed by atoms with Gasteiger partial charge in [-0.2, -0.15) is 0 Å². The number of thiazole rings is 1. The van der Waals surface area contributed by atoms with Gasteiger partial charge < -0.3 is 14.6 Å². The van der Waals surface area contributed by atoms with Gasteiger partial charge in [0.15, 0.2) is 11.5 Å². The number of carboxylic acids is 1. The molecule has 0 aliphatic rings.